The van der Waals surface area contributed by atoms with Crippen LogP contribution in [0.1, 0.15) is 33.1 Å². The molecule has 0 aromatic heterocycles. The summed E-state index contributed by atoms with van der Waals surface area (Å²) in [5.41, 5.74) is 0. The predicted octanol–water partition coefficient (Wildman–Crippen LogP) is 1.24. The molecule has 0 spiro atoms. The Bertz CT molecular complexity index is 561. The van der Waals surface area contributed by atoms with Crippen LogP contribution < -0.4 is 10.6 Å². The number of rotatable bonds is 9. The number of nitrogens with one attached hydrogen (secondary N) is 2. The van der Waals surface area contributed by atoms with Crippen LogP contribution in [0.15, 0.2) is 4.99 Å². The lowest BCUT2D eigenvalue weighted by molar-refractivity contribution is -0.142. The number of hydrogen-bond donors (Lipinski definition) is 2. The van der Waals surface area contributed by atoms with E-state index in [2.05, 4.69) is 15.6 Å². The summed E-state index contributed by atoms with van der Waals surface area (Å²) in [5, 5.41) is 6.34. The Morgan fingerprint density at radius 1 is 1.26 bits per heavy atom. The molecule has 0 aromatic rings. The van der Waals surface area contributed by atoms with Crippen molar-refractivity contribution in [2.75, 3.05) is 52.1 Å². The molecule has 1 saturated heterocycles. The van der Waals surface area contributed by atoms with Gasteiger partial charge in [-0.3, -0.25) is 9.89 Å². The van der Waals surface area contributed by atoms with Gasteiger partial charge in [0.05, 0.1) is 18.8 Å². The highest BCUT2D eigenvalue weighted by atomic mass is 32.2. The maximum absolute atomic E-state index is 12.3. The zero-order valence-corrected chi connectivity index (χ0v) is 17.2. The van der Waals surface area contributed by atoms with E-state index >= 15 is 0 Å². The zero-order chi connectivity index (χ0) is 20.5. The number of piperidine rings is 1. The van der Waals surface area contributed by atoms with Gasteiger partial charge in [-0.25, -0.2) is 12.7 Å². The number of likely N-dealkylation sites (N-methyl/N-ethyl adjacent to an activating group) is 1. The van der Waals surface area contributed by atoms with E-state index in [0.29, 0.717) is 44.9 Å². The summed E-state index contributed by atoms with van der Waals surface area (Å²) >= 11 is 0. The van der Waals surface area contributed by atoms with Crippen LogP contribution in [0.3, 0.4) is 0 Å². The molecule has 1 aliphatic rings. The molecule has 0 aromatic carbocycles. The number of sulfonamides is 1. The topological polar surface area (TPSA) is 77.0 Å². The van der Waals surface area contributed by atoms with Gasteiger partial charge in [0.2, 0.25) is 10.0 Å². The number of nitrogens with zero attached hydrogens (tertiary/aromatic N) is 3. The first-order chi connectivity index (χ1) is 12.6. The Morgan fingerprint density at radius 2 is 1.89 bits per heavy atom. The molecule has 0 amide bonds. The minimum atomic E-state index is -4.21. The van der Waals surface area contributed by atoms with E-state index in [4.69, 9.17) is 0 Å². The zero-order valence-electron chi connectivity index (χ0n) is 16.3. The van der Waals surface area contributed by atoms with E-state index in [1.165, 1.54) is 16.3 Å². The Labute approximate surface area is 160 Å². The molecule has 0 aliphatic carbocycles. The summed E-state index contributed by atoms with van der Waals surface area (Å²) in [6.07, 6.45) is -2.28. The van der Waals surface area contributed by atoms with E-state index in [1.807, 2.05) is 13.8 Å². The fourth-order valence-corrected chi connectivity index (χ4v) is 4.44. The van der Waals surface area contributed by atoms with Crippen LogP contribution in [0.4, 0.5) is 13.2 Å². The van der Waals surface area contributed by atoms with Gasteiger partial charge in [-0.1, -0.05) is 6.92 Å². The second-order valence-electron chi connectivity index (χ2n) is 6.75. The van der Waals surface area contributed by atoms with Crippen LogP contribution in [-0.4, -0.2) is 87.9 Å². The number of guanidine groups is 1. The van der Waals surface area contributed by atoms with Crippen LogP contribution in [0.2, 0.25) is 0 Å². The maximum Gasteiger partial charge on any atom is 0.401 e. The average molecular weight is 416 g/mol. The first-order valence-electron chi connectivity index (χ1n) is 9.35. The van der Waals surface area contributed by atoms with Crippen molar-refractivity contribution < 1.29 is 21.6 Å². The summed E-state index contributed by atoms with van der Waals surface area (Å²) < 4.78 is 62.8. The van der Waals surface area contributed by atoms with Crippen molar-refractivity contribution in [1.29, 1.82) is 0 Å². The second-order valence-corrected chi connectivity index (χ2v) is 8.84. The molecule has 7 nitrogen and oxygen atoms in total. The SMILES string of the molecule is CCCS(=O)(=O)N1CCC(NC(=NCCN(C)CC(F)(F)F)NCC)CC1. The second kappa shape index (κ2) is 11.1. The summed E-state index contributed by atoms with van der Waals surface area (Å²) in [6, 6.07) is 0.0868. The van der Waals surface area contributed by atoms with Crippen LogP contribution in [0.25, 0.3) is 0 Å². The molecule has 0 atom stereocenters. The fraction of sp³-hybridized carbons (Fsp3) is 0.938. The van der Waals surface area contributed by atoms with Gasteiger partial charge in [0.25, 0.3) is 0 Å². The van der Waals surface area contributed by atoms with E-state index in [0.717, 1.165) is 0 Å². The number of halogens is 3. The van der Waals surface area contributed by atoms with Gasteiger partial charge in [0.1, 0.15) is 0 Å². The van der Waals surface area contributed by atoms with E-state index in [-0.39, 0.29) is 24.9 Å². The van der Waals surface area contributed by atoms with Crippen molar-refractivity contribution in [2.24, 2.45) is 4.99 Å². The monoisotopic (exact) mass is 415 g/mol. The van der Waals surface area contributed by atoms with Gasteiger partial charge in [-0.05, 0) is 33.2 Å². The lowest BCUT2D eigenvalue weighted by Crippen LogP contribution is -2.50. The highest BCUT2D eigenvalue weighted by molar-refractivity contribution is 7.89. The Kier molecular flexibility index (Phi) is 9.82. The molecular weight excluding hydrogens is 383 g/mol. The molecule has 11 heteroatoms. The van der Waals surface area contributed by atoms with Crippen molar-refractivity contribution in [3.63, 3.8) is 0 Å². The van der Waals surface area contributed by atoms with Crippen molar-refractivity contribution in [2.45, 2.75) is 45.3 Å². The van der Waals surface area contributed by atoms with Crippen molar-refractivity contribution in [1.82, 2.24) is 19.8 Å². The van der Waals surface area contributed by atoms with Crippen LogP contribution >= 0.6 is 0 Å². The largest absolute Gasteiger partial charge is 0.401 e. The molecule has 0 unspecified atom stereocenters. The molecule has 1 heterocycles. The minimum absolute atomic E-state index is 0.0868. The summed E-state index contributed by atoms with van der Waals surface area (Å²) in [4.78, 5) is 5.51. The van der Waals surface area contributed by atoms with E-state index in [9.17, 15) is 21.6 Å². The quantitative estimate of drug-likeness (QED) is 0.438. The maximum atomic E-state index is 12.3. The van der Waals surface area contributed by atoms with Gasteiger partial charge in [-0.2, -0.15) is 13.2 Å². The summed E-state index contributed by atoms with van der Waals surface area (Å²) in [6.45, 7) is 4.80. The summed E-state index contributed by atoms with van der Waals surface area (Å²) in [5.74, 6) is 0.716. The lowest BCUT2D eigenvalue weighted by Gasteiger charge is -2.32. The highest BCUT2D eigenvalue weighted by Crippen LogP contribution is 2.16. The summed E-state index contributed by atoms with van der Waals surface area (Å²) in [7, 11) is -1.76. The smallest absolute Gasteiger partial charge is 0.357 e. The first-order valence-corrected chi connectivity index (χ1v) is 11.0. The Morgan fingerprint density at radius 3 is 2.41 bits per heavy atom. The molecule has 1 rings (SSSR count). The predicted molar refractivity (Wildman–Crippen MR) is 101 cm³/mol. The third-order valence-electron chi connectivity index (χ3n) is 4.20. The Balaban J connectivity index is 2.49. The fourth-order valence-electron chi connectivity index (χ4n) is 2.90. The third kappa shape index (κ3) is 9.61. The highest BCUT2D eigenvalue weighted by Gasteiger charge is 2.29. The molecule has 0 bridgehead atoms. The van der Waals surface area contributed by atoms with Crippen molar-refractivity contribution in [3.05, 3.63) is 0 Å². The molecular formula is C16H32F3N5O2S. The molecule has 0 saturated carbocycles. The third-order valence-corrected chi connectivity index (χ3v) is 6.27. The molecule has 1 fully saturated rings. The number of hydrogen-bond acceptors (Lipinski definition) is 4. The minimum Gasteiger partial charge on any atom is -0.357 e. The molecule has 0 radical (unpaired) electrons. The van der Waals surface area contributed by atoms with Crippen LogP contribution in [0.5, 0.6) is 0 Å². The van der Waals surface area contributed by atoms with Crippen LogP contribution in [0, 0.1) is 0 Å². The van der Waals surface area contributed by atoms with Gasteiger partial charge >= 0.3 is 6.18 Å². The Hall–Kier alpha value is -1.07. The first kappa shape index (κ1) is 24.0. The average Bonchev–Trinajstić information content (AvgIpc) is 2.53. The van der Waals surface area contributed by atoms with Crippen molar-refractivity contribution >= 4 is 16.0 Å². The van der Waals surface area contributed by atoms with Crippen LogP contribution in [-0.2, 0) is 10.0 Å². The molecule has 2 N–H and O–H groups in total. The van der Waals surface area contributed by atoms with Gasteiger partial charge in [0, 0.05) is 32.2 Å². The normalized spacial score (nSPS) is 18.1. The lowest BCUT2D eigenvalue weighted by atomic mass is 10.1. The number of alkyl halides is 3. The van der Waals surface area contributed by atoms with Crippen molar-refractivity contribution in [3.8, 4) is 0 Å². The molecule has 1 aliphatic heterocycles. The van der Waals surface area contributed by atoms with E-state index < -0.39 is 22.7 Å². The van der Waals surface area contributed by atoms with Gasteiger partial charge in [-0.15, -0.1) is 0 Å². The number of aliphatic imine (C=N–C) groups is 1. The standard InChI is InChI=1S/C16H32F3N5O2S/c1-4-12-27(25,26)24-9-6-14(7-10-24)22-15(20-5-2)21-8-11-23(3)13-16(17,18)19/h14H,4-13H2,1-3H3,(H2,20,21,22). The van der Waals surface area contributed by atoms with Gasteiger partial charge < -0.3 is 10.6 Å². The van der Waals surface area contributed by atoms with E-state index in [1.54, 1.807) is 0 Å². The van der Waals surface area contributed by atoms with Gasteiger partial charge in [0.15, 0.2) is 5.96 Å². The molecule has 160 valence electrons. The molecule has 27 heavy (non-hydrogen) atoms.